The summed E-state index contributed by atoms with van der Waals surface area (Å²) in [6.45, 7) is 2.17. The quantitative estimate of drug-likeness (QED) is 0.852. The number of nitriles is 1. The van der Waals surface area contributed by atoms with Gasteiger partial charge in [0.05, 0.1) is 17.3 Å². The zero-order chi connectivity index (χ0) is 16.2. The molecule has 0 radical (unpaired) electrons. The Balaban J connectivity index is 1.67. The maximum Gasteiger partial charge on any atom is 0.254 e. The summed E-state index contributed by atoms with van der Waals surface area (Å²) in [5, 5.41) is 8.79. The Labute approximate surface area is 133 Å². The van der Waals surface area contributed by atoms with Crippen molar-refractivity contribution in [2.75, 3.05) is 31.1 Å². The predicted octanol–water partition coefficient (Wildman–Crippen LogP) is 2.05. The molecule has 0 aliphatic carbocycles. The maximum atomic E-state index is 14.1. The van der Waals surface area contributed by atoms with E-state index in [1.807, 2.05) is 11.0 Å². The molecule has 5 nitrogen and oxygen atoms in total. The molecule has 116 valence electrons. The van der Waals surface area contributed by atoms with Crippen molar-refractivity contribution in [3.05, 3.63) is 59.7 Å². The van der Waals surface area contributed by atoms with Crippen LogP contribution >= 0.6 is 0 Å². The summed E-state index contributed by atoms with van der Waals surface area (Å²) in [4.78, 5) is 19.9. The highest BCUT2D eigenvalue weighted by molar-refractivity contribution is 5.94. The smallest absolute Gasteiger partial charge is 0.254 e. The summed E-state index contributed by atoms with van der Waals surface area (Å²) in [6.07, 6.45) is 3.19. The Morgan fingerprint density at radius 3 is 2.43 bits per heavy atom. The first kappa shape index (κ1) is 15.0. The van der Waals surface area contributed by atoms with Gasteiger partial charge in [0.1, 0.15) is 5.82 Å². The van der Waals surface area contributed by atoms with Crippen LogP contribution in [0.15, 0.2) is 42.7 Å². The number of aromatic nitrogens is 1. The van der Waals surface area contributed by atoms with E-state index in [2.05, 4.69) is 4.98 Å². The Bertz CT molecular complexity index is 749. The monoisotopic (exact) mass is 310 g/mol. The number of pyridine rings is 1. The molecule has 2 heterocycles. The molecule has 0 unspecified atom stereocenters. The molecule has 1 aromatic heterocycles. The molecule has 3 rings (SSSR count). The number of rotatable bonds is 2. The lowest BCUT2D eigenvalue weighted by atomic mass is 10.1. The van der Waals surface area contributed by atoms with Crippen molar-refractivity contribution in [1.82, 2.24) is 9.88 Å². The highest BCUT2D eigenvalue weighted by Crippen LogP contribution is 2.22. The molecule has 6 heteroatoms. The van der Waals surface area contributed by atoms with Gasteiger partial charge in [-0.05, 0) is 30.3 Å². The number of hydrogen-bond acceptors (Lipinski definition) is 4. The van der Waals surface area contributed by atoms with E-state index in [-0.39, 0.29) is 5.91 Å². The Hall–Kier alpha value is -2.94. The van der Waals surface area contributed by atoms with E-state index in [1.165, 1.54) is 6.07 Å². The van der Waals surface area contributed by atoms with Crippen LogP contribution in [0.5, 0.6) is 0 Å². The average molecular weight is 310 g/mol. The van der Waals surface area contributed by atoms with E-state index < -0.39 is 5.82 Å². The van der Waals surface area contributed by atoms with Crippen molar-refractivity contribution < 1.29 is 9.18 Å². The largest absolute Gasteiger partial charge is 0.366 e. The number of amides is 1. The van der Waals surface area contributed by atoms with E-state index >= 15 is 0 Å². The maximum absolute atomic E-state index is 14.1. The summed E-state index contributed by atoms with van der Waals surface area (Å²) >= 11 is 0. The number of anilines is 1. The minimum Gasteiger partial charge on any atom is -0.366 e. The molecule has 0 saturated carbocycles. The molecule has 1 aliphatic heterocycles. The molecule has 0 atom stereocenters. The molecule has 1 amide bonds. The second kappa shape index (κ2) is 6.44. The number of halogens is 1. The number of piperazine rings is 1. The van der Waals surface area contributed by atoms with Crippen molar-refractivity contribution in [2.24, 2.45) is 0 Å². The lowest BCUT2D eigenvalue weighted by Gasteiger charge is -2.36. The number of carbonyl (C=O) groups is 1. The van der Waals surface area contributed by atoms with Gasteiger partial charge in [-0.1, -0.05) is 0 Å². The third-order valence-electron chi connectivity index (χ3n) is 3.91. The zero-order valence-electron chi connectivity index (χ0n) is 12.4. The van der Waals surface area contributed by atoms with Crippen LogP contribution in [0.4, 0.5) is 10.1 Å². The van der Waals surface area contributed by atoms with Gasteiger partial charge in [-0.25, -0.2) is 4.39 Å². The van der Waals surface area contributed by atoms with Crippen LogP contribution in [0, 0.1) is 17.1 Å². The minimum absolute atomic E-state index is 0.0349. The summed E-state index contributed by atoms with van der Waals surface area (Å²) in [7, 11) is 0. The standard InChI is InChI=1S/C17H15FN4O/c18-15-11-13(12-19)1-2-16(15)21-7-9-22(10-8-21)17(23)14-3-5-20-6-4-14/h1-6,11H,7-10H2. The lowest BCUT2D eigenvalue weighted by molar-refractivity contribution is 0.0746. The number of benzene rings is 1. The van der Waals surface area contributed by atoms with Gasteiger partial charge in [0.15, 0.2) is 0 Å². The molecule has 0 N–H and O–H groups in total. The molecule has 2 aromatic rings. The second-order valence-electron chi connectivity index (χ2n) is 5.29. The highest BCUT2D eigenvalue weighted by atomic mass is 19.1. The number of nitrogens with zero attached hydrogens (tertiary/aromatic N) is 4. The first-order chi connectivity index (χ1) is 11.2. The first-order valence-electron chi connectivity index (χ1n) is 7.33. The molecule has 0 spiro atoms. The highest BCUT2D eigenvalue weighted by Gasteiger charge is 2.23. The van der Waals surface area contributed by atoms with E-state index in [0.717, 1.165) is 0 Å². The van der Waals surface area contributed by atoms with Crippen LogP contribution in [-0.2, 0) is 0 Å². The second-order valence-corrected chi connectivity index (χ2v) is 5.29. The molecule has 23 heavy (non-hydrogen) atoms. The minimum atomic E-state index is -0.405. The number of hydrogen-bond donors (Lipinski definition) is 0. The van der Waals surface area contributed by atoms with Crippen molar-refractivity contribution in [3.8, 4) is 6.07 Å². The van der Waals surface area contributed by atoms with E-state index in [4.69, 9.17) is 5.26 Å². The van der Waals surface area contributed by atoms with Crippen molar-refractivity contribution in [3.63, 3.8) is 0 Å². The van der Waals surface area contributed by atoms with E-state index in [9.17, 15) is 9.18 Å². The van der Waals surface area contributed by atoms with Crippen molar-refractivity contribution in [2.45, 2.75) is 0 Å². The lowest BCUT2D eigenvalue weighted by Crippen LogP contribution is -2.49. The SMILES string of the molecule is N#Cc1ccc(N2CCN(C(=O)c3ccncc3)CC2)c(F)c1. The van der Waals surface area contributed by atoms with Gasteiger partial charge in [-0.2, -0.15) is 5.26 Å². The van der Waals surface area contributed by atoms with Crippen molar-refractivity contribution in [1.29, 1.82) is 5.26 Å². The number of carbonyl (C=O) groups excluding carboxylic acids is 1. The summed E-state index contributed by atoms with van der Waals surface area (Å²) in [5.41, 5.74) is 1.38. The Kier molecular flexibility index (Phi) is 4.20. The topological polar surface area (TPSA) is 60.2 Å². The van der Waals surface area contributed by atoms with Crippen LogP contribution in [0.3, 0.4) is 0 Å². The first-order valence-corrected chi connectivity index (χ1v) is 7.33. The van der Waals surface area contributed by atoms with Gasteiger partial charge < -0.3 is 9.80 Å². The molecule has 1 aromatic carbocycles. The van der Waals surface area contributed by atoms with Gasteiger partial charge in [0, 0.05) is 44.1 Å². The Morgan fingerprint density at radius 2 is 1.83 bits per heavy atom. The molecule has 1 aliphatic rings. The van der Waals surface area contributed by atoms with E-state index in [1.54, 1.807) is 41.6 Å². The van der Waals surface area contributed by atoms with Gasteiger partial charge in [-0.15, -0.1) is 0 Å². The summed E-state index contributed by atoms with van der Waals surface area (Å²) in [5.74, 6) is -0.440. The summed E-state index contributed by atoms with van der Waals surface area (Å²) in [6, 6.07) is 9.76. The molecule has 1 saturated heterocycles. The van der Waals surface area contributed by atoms with Crippen LogP contribution in [0.1, 0.15) is 15.9 Å². The van der Waals surface area contributed by atoms with Crippen LogP contribution in [0.2, 0.25) is 0 Å². The molecule has 0 bridgehead atoms. The third kappa shape index (κ3) is 3.14. The van der Waals surface area contributed by atoms with Crippen LogP contribution in [0.25, 0.3) is 0 Å². The predicted molar refractivity (Wildman–Crippen MR) is 83.5 cm³/mol. The van der Waals surface area contributed by atoms with Gasteiger partial charge in [-0.3, -0.25) is 9.78 Å². The van der Waals surface area contributed by atoms with Crippen LogP contribution in [-0.4, -0.2) is 42.0 Å². The Morgan fingerprint density at radius 1 is 1.13 bits per heavy atom. The summed E-state index contributed by atoms with van der Waals surface area (Å²) < 4.78 is 14.1. The van der Waals surface area contributed by atoms with Gasteiger partial charge in [0.2, 0.25) is 0 Å². The fraction of sp³-hybridized carbons (Fsp3) is 0.235. The van der Waals surface area contributed by atoms with Crippen molar-refractivity contribution >= 4 is 11.6 Å². The van der Waals surface area contributed by atoms with Gasteiger partial charge in [0.25, 0.3) is 5.91 Å². The molecular weight excluding hydrogens is 295 g/mol. The molecular formula is C17H15FN4O. The van der Waals surface area contributed by atoms with E-state index in [0.29, 0.717) is 43.0 Å². The third-order valence-corrected chi connectivity index (χ3v) is 3.91. The fourth-order valence-corrected chi connectivity index (χ4v) is 2.66. The fourth-order valence-electron chi connectivity index (χ4n) is 2.66. The normalized spacial score (nSPS) is 14.4. The average Bonchev–Trinajstić information content (AvgIpc) is 2.62. The zero-order valence-corrected chi connectivity index (χ0v) is 12.4. The van der Waals surface area contributed by atoms with Crippen LogP contribution < -0.4 is 4.90 Å². The van der Waals surface area contributed by atoms with Gasteiger partial charge >= 0.3 is 0 Å². The molecule has 1 fully saturated rings.